The molecule has 1 unspecified atom stereocenters. The van der Waals surface area contributed by atoms with Gasteiger partial charge in [0.25, 0.3) is 0 Å². The molecule has 2 aromatic heterocycles. The zero-order valence-electron chi connectivity index (χ0n) is 10.9. The third-order valence-corrected chi connectivity index (χ3v) is 2.98. The van der Waals surface area contributed by atoms with Crippen LogP contribution in [0.1, 0.15) is 30.8 Å². The molecule has 0 aromatic carbocycles. The molecule has 0 saturated carbocycles. The van der Waals surface area contributed by atoms with Gasteiger partial charge in [-0.05, 0) is 13.5 Å². The maximum Gasteiger partial charge on any atom is 0.115 e. The second kappa shape index (κ2) is 6.26. The summed E-state index contributed by atoms with van der Waals surface area (Å²) in [5, 5.41) is 3.29. The summed E-state index contributed by atoms with van der Waals surface area (Å²) in [5.74, 6) is 1.10. The largest absolute Gasteiger partial charge is 0.335 e. The van der Waals surface area contributed by atoms with Crippen molar-refractivity contribution in [1.82, 2.24) is 24.8 Å². The van der Waals surface area contributed by atoms with Crippen molar-refractivity contribution in [3.05, 3.63) is 42.5 Å². The van der Waals surface area contributed by atoms with Gasteiger partial charge in [-0.25, -0.2) is 15.0 Å². The Hall–Kier alpha value is -1.75. The minimum absolute atomic E-state index is 0.198. The van der Waals surface area contributed by atoms with Crippen LogP contribution in [0.4, 0.5) is 0 Å². The fourth-order valence-corrected chi connectivity index (χ4v) is 2.03. The second-order valence-corrected chi connectivity index (χ2v) is 4.25. The number of hydrogen-bond acceptors (Lipinski definition) is 4. The van der Waals surface area contributed by atoms with E-state index >= 15 is 0 Å². The van der Waals surface area contributed by atoms with Crippen LogP contribution in [0.3, 0.4) is 0 Å². The number of imidazole rings is 1. The van der Waals surface area contributed by atoms with Crippen molar-refractivity contribution in [2.45, 2.75) is 32.4 Å². The molecule has 1 N–H and O–H groups in total. The molecule has 0 aliphatic rings. The van der Waals surface area contributed by atoms with Crippen molar-refractivity contribution >= 4 is 0 Å². The molecule has 1 atom stereocenters. The maximum atomic E-state index is 4.43. The Morgan fingerprint density at radius 2 is 2.11 bits per heavy atom. The summed E-state index contributed by atoms with van der Waals surface area (Å²) in [4.78, 5) is 12.6. The minimum Gasteiger partial charge on any atom is -0.335 e. The van der Waals surface area contributed by atoms with Crippen LogP contribution < -0.4 is 5.32 Å². The van der Waals surface area contributed by atoms with Crippen LogP contribution in [0.2, 0.25) is 0 Å². The highest BCUT2D eigenvalue weighted by atomic mass is 15.1. The summed E-state index contributed by atoms with van der Waals surface area (Å²) in [6.07, 6.45) is 11.1. The van der Waals surface area contributed by atoms with Gasteiger partial charge in [-0.2, -0.15) is 0 Å². The smallest absolute Gasteiger partial charge is 0.115 e. The standard InChI is InChI=1S/C13H19N5/c1-3-5-18-6-4-17-13(18)7-12(14-2)11-8-15-10-16-9-11/h4,6,8-10,12,14H,3,5,7H2,1-2H3. The molecule has 0 fully saturated rings. The monoisotopic (exact) mass is 245 g/mol. The lowest BCUT2D eigenvalue weighted by Crippen LogP contribution is -2.21. The van der Waals surface area contributed by atoms with Gasteiger partial charge in [0.05, 0.1) is 0 Å². The molecular formula is C13H19N5. The van der Waals surface area contributed by atoms with Crippen molar-refractivity contribution in [3.8, 4) is 0 Å². The van der Waals surface area contributed by atoms with Gasteiger partial charge in [0.2, 0.25) is 0 Å². The van der Waals surface area contributed by atoms with E-state index in [-0.39, 0.29) is 6.04 Å². The summed E-state index contributed by atoms with van der Waals surface area (Å²) in [7, 11) is 1.95. The molecule has 0 saturated heterocycles. The molecule has 18 heavy (non-hydrogen) atoms. The average Bonchev–Trinajstić information content (AvgIpc) is 2.85. The lowest BCUT2D eigenvalue weighted by Gasteiger charge is -2.16. The molecule has 0 aliphatic heterocycles. The van der Waals surface area contributed by atoms with Gasteiger partial charge in [-0.1, -0.05) is 6.92 Å². The Bertz CT molecular complexity index is 465. The van der Waals surface area contributed by atoms with E-state index in [1.54, 1.807) is 6.33 Å². The number of nitrogens with one attached hydrogen (secondary N) is 1. The Morgan fingerprint density at radius 1 is 1.33 bits per heavy atom. The first-order valence-corrected chi connectivity index (χ1v) is 6.27. The van der Waals surface area contributed by atoms with Gasteiger partial charge in [0.15, 0.2) is 0 Å². The number of rotatable bonds is 6. The Labute approximate surface area is 107 Å². The number of hydrogen-bond donors (Lipinski definition) is 1. The topological polar surface area (TPSA) is 55.6 Å². The van der Waals surface area contributed by atoms with Crippen LogP contribution in [0.15, 0.2) is 31.1 Å². The molecule has 0 bridgehead atoms. The van der Waals surface area contributed by atoms with E-state index in [2.05, 4.69) is 31.8 Å². The third-order valence-electron chi connectivity index (χ3n) is 2.98. The molecule has 2 aromatic rings. The van der Waals surface area contributed by atoms with Gasteiger partial charge in [-0.3, -0.25) is 0 Å². The lowest BCUT2D eigenvalue weighted by molar-refractivity contribution is 0.540. The van der Waals surface area contributed by atoms with Crippen molar-refractivity contribution in [1.29, 1.82) is 0 Å². The van der Waals surface area contributed by atoms with Gasteiger partial charge < -0.3 is 9.88 Å². The van der Waals surface area contributed by atoms with Crippen molar-refractivity contribution in [2.75, 3.05) is 7.05 Å². The highest BCUT2D eigenvalue weighted by molar-refractivity contribution is 5.12. The summed E-state index contributed by atoms with van der Waals surface area (Å²) < 4.78 is 2.20. The highest BCUT2D eigenvalue weighted by Crippen LogP contribution is 2.15. The number of aryl methyl sites for hydroxylation is 1. The molecule has 0 spiro atoms. The average molecular weight is 245 g/mol. The first-order valence-electron chi connectivity index (χ1n) is 6.27. The molecule has 0 radical (unpaired) electrons. The van der Waals surface area contributed by atoms with Crippen molar-refractivity contribution in [3.63, 3.8) is 0 Å². The zero-order valence-corrected chi connectivity index (χ0v) is 10.9. The van der Waals surface area contributed by atoms with Crippen LogP contribution in [-0.2, 0) is 13.0 Å². The van der Waals surface area contributed by atoms with Crippen LogP contribution >= 0.6 is 0 Å². The summed E-state index contributed by atoms with van der Waals surface area (Å²) in [6.45, 7) is 3.18. The van der Waals surface area contributed by atoms with Crippen molar-refractivity contribution in [2.24, 2.45) is 0 Å². The highest BCUT2D eigenvalue weighted by Gasteiger charge is 2.13. The lowest BCUT2D eigenvalue weighted by atomic mass is 10.1. The molecule has 0 aliphatic carbocycles. The van der Waals surface area contributed by atoms with E-state index in [0.717, 1.165) is 30.8 Å². The third kappa shape index (κ3) is 2.92. The van der Waals surface area contributed by atoms with E-state index in [1.807, 2.05) is 31.8 Å². The minimum atomic E-state index is 0.198. The molecule has 0 amide bonds. The Morgan fingerprint density at radius 3 is 2.78 bits per heavy atom. The van der Waals surface area contributed by atoms with E-state index in [1.165, 1.54) is 0 Å². The fourth-order valence-electron chi connectivity index (χ4n) is 2.03. The molecule has 2 heterocycles. The Balaban J connectivity index is 2.13. The van der Waals surface area contributed by atoms with Gasteiger partial charge in [0, 0.05) is 49.4 Å². The van der Waals surface area contributed by atoms with Gasteiger partial charge >= 0.3 is 0 Å². The van der Waals surface area contributed by atoms with Crippen LogP contribution in [0.5, 0.6) is 0 Å². The summed E-state index contributed by atoms with van der Waals surface area (Å²) in [5.41, 5.74) is 1.09. The predicted octanol–water partition coefficient (Wildman–Crippen LogP) is 1.59. The van der Waals surface area contributed by atoms with E-state index in [9.17, 15) is 0 Å². The molecule has 5 nitrogen and oxygen atoms in total. The summed E-state index contributed by atoms with van der Waals surface area (Å²) >= 11 is 0. The molecule has 96 valence electrons. The van der Waals surface area contributed by atoms with Gasteiger partial charge in [0.1, 0.15) is 12.2 Å². The van der Waals surface area contributed by atoms with E-state index < -0.39 is 0 Å². The fraction of sp³-hybridized carbons (Fsp3) is 0.462. The zero-order chi connectivity index (χ0) is 12.8. The predicted molar refractivity (Wildman–Crippen MR) is 70.1 cm³/mol. The van der Waals surface area contributed by atoms with Crippen molar-refractivity contribution < 1.29 is 0 Å². The molecule has 5 heteroatoms. The molecular weight excluding hydrogens is 226 g/mol. The number of aromatic nitrogens is 4. The number of nitrogens with zero attached hydrogens (tertiary/aromatic N) is 4. The number of likely N-dealkylation sites (N-methyl/N-ethyl adjacent to an activating group) is 1. The van der Waals surface area contributed by atoms with E-state index in [4.69, 9.17) is 0 Å². The molecule has 2 rings (SSSR count). The summed E-state index contributed by atoms with van der Waals surface area (Å²) in [6, 6.07) is 0.198. The van der Waals surface area contributed by atoms with Crippen LogP contribution in [-0.4, -0.2) is 26.6 Å². The van der Waals surface area contributed by atoms with Gasteiger partial charge in [-0.15, -0.1) is 0 Å². The Kier molecular flexibility index (Phi) is 4.41. The SMILES string of the molecule is CCCn1ccnc1CC(NC)c1cncnc1. The van der Waals surface area contributed by atoms with Crippen LogP contribution in [0.25, 0.3) is 0 Å². The van der Waals surface area contributed by atoms with Crippen LogP contribution in [0, 0.1) is 0 Å². The first kappa shape index (κ1) is 12.7. The first-order chi connectivity index (χ1) is 8.85. The normalized spacial score (nSPS) is 12.6. The van der Waals surface area contributed by atoms with E-state index in [0.29, 0.717) is 0 Å². The quantitative estimate of drug-likeness (QED) is 0.839. The second-order valence-electron chi connectivity index (χ2n) is 4.25. The maximum absolute atomic E-state index is 4.43.